The van der Waals surface area contributed by atoms with Crippen LogP contribution in [0.15, 0.2) is 40.0 Å². The van der Waals surface area contributed by atoms with Crippen LogP contribution < -0.4 is 0 Å². The molecule has 0 spiro atoms. The molecular formula is C6H6N2. The molecule has 0 N–H and O–H groups in total. The third-order valence-electron chi connectivity index (χ3n) is 0.769. The molecule has 1 aliphatic heterocycles. The molecule has 40 valence electrons. The van der Waals surface area contributed by atoms with Crippen LogP contribution in [0.2, 0.25) is 0 Å². The molecule has 0 saturated carbocycles. The van der Waals surface area contributed by atoms with Gasteiger partial charge in [0.05, 0.1) is 11.9 Å². The average Bonchev–Trinajstić information content (AvgIpc) is 1.94. The van der Waals surface area contributed by atoms with Crippen molar-refractivity contribution in [3.05, 3.63) is 29.8 Å². The van der Waals surface area contributed by atoms with Gasteiger partial charge in [0, 0.05) is 0 Å². The summed E-state index contributed by atoms with van der Waals surface area (Å²) in [5.41, 5.74) is 3.70. The van der Waals surface area contributed by atoms with Crippen LogP contribution in [-0.2, 0) is 0 Å². The van der Waals surface area contributed by atoms with Gasteiger partial charge in [-0.25, -0.2) is 0 Å². The molecule has 0 aromatic rings. The third-order valence-corrected chi connectivity index (χ3v) is 0.769. The van der Waals surface area contributed by atoms with E-state index in [1.807, 2.05) is 13.0 Å². The van der Waals surface area contributed by atoms with Crippen LogP contribution in [0.4, 0.5) is 0 Å². The Balaban J connectivity index is 2.90. The van der Waals surface area contributed by atoms with Gasteiger partial charge in [-0.3, -0.25) is 0 Å². The fourth-order valence-corrected chi connectivity index (χ4v) is 0.398. The van der Waals surface area contributed by atoms with Crippen molar-refractivity contribution in [2.45, 2.75) is 6.92 Å². The fourth-order valence-electron chi connectivity index (χ4n) is 0.398. The molecule has 1 aliphatic rings. The van der Waals surface area contributed by atoms with E-state index in [1.165, 1.54) is 6.20 Å². The molecule has 0 saturated heterocycles. The number of rotatable bonds is 0. The predicted octanol–water partition coefficient (Wildman–Crippen LogP) is 2.02. The SMILES string of the molecule is CC1=CC=C=CN=N1. The summed E-state index contributed by atoms with van der Waals surface area (Å²) in [6.07, 6.45) is 5.18. The summed E-state index contributed by atoms with van der Waals surface area (Å²) in [5.74, 6) is 0. The van der Waals surface area contributed by atoms with Crippen molar-refractivity contribution in [1.29, 1.82) is 0 Å². The average molecular weight is 106 g/mol. The van der Waals surface area contributed by atoms with Crippen LogP contribution in [-0.4, -0.2) is 0 Å². The van der Waals surface area contributed by atoms with E-state index in [4.69, 9.17) is 0 Å². The Hall–Kier alpha value is -1.14. The second kappa shape index (κ2) is 2.24. The molecule has 0 aromatic heterocycles. The van der Waals surface area contributed by atoms with E-state index in [0.717, 1.165) is 5.70 Å². The van der Waals surface area contributed by atoms with Gasteiger partial charge in [0.1, 0.15) is 0 Å². The van der Waals surface area contributed by atoms with Crippen LogP contribution in [0, 0.1) is 0 Å². The molecule has 0 radical (unpaired) electrons. The molecule has 2 heteroatoms. The van der Waals surface area contributed by atoms with Crippen molar-refractivity contribution in [1.82, 2.24) is 0 Å². The molecule has 0 fully saturated rings. The highest BCUT2D eigenvalue weighted by Crippen LogP contribution is 1.97. The zero-order valence-corrected chi connectivity index (χ0v) is 4.63. The molecule has 0 aliphatic carbocycles. The molecule has 0 amide bonds. The van der Waals surface area contributed by atoms with Gasteiger partial charge in [-0.1, -0.05) is 5.73 Å². The van der Waals surface area contributed by atoms with Gasteiger partial charge < -0.3 is 0 Å². The number of nitrogens with zero attached hydrogens (tertiary/aromatic N) is 2. The second-order valence-corrected chi connectivity index (χ2v) is 1.49. The summed E-state index contributed by atoms with van der Waals surface area (Å²) in [4.78, 5) is 0. The Bertz CT molecular complexity index is 193. The first-order chi connectivity index (χ1) is 3.89. The number of azo groups is 1. The number of hydrogen-bond donors (Lipinski definition) is 0. The van der Waals surface area contributed by atoms with E-state index in [1.54, 1.807) is 6.08 Å². The summed E-state index contributed by atoms with van der Waals surface area (Å²) in [7, 11) is 0. The normalized spacial score (nSPS) is 15.9. The minimum Gasteiger partial charge on any atom is -0.155 e. The lowest BCUT2D eigenvalue weighted by atomic mass is 10.4. The molecule has 1 heterocycles. The monoisotopic (exact) mass is 106 g/mol. The van der Waals surface area contributed by atoms with Gasteiger partial charge in [-0.2, -0.15) is 10.2 Å². The van der Waals surface area contributed by atoms with Gasteiger partial charge in [0.2, 0.25) is 0 Å². The standard InChI is InChI=1S/C6H6N2/c1-6-4-2-3-5-7-8-6/h2,4-5H,1H3. The second-order valence-electron chi connectivity index (χ2n) is 1.49. The summed E-state index contributed by atoms with van der Waals surface area (Å²) in [5, 5.41) is 7.40. The fraction of sp³-hybridized carbons (Fsp3) is 0.167. The highest BCUT2D eigenvalue weighted by molar-refractivity contribution is 5.10. The molecule has 1 rings (SSSR count). The Morgan fingerprint density at radius 2 is 2.50 bits per heavy atom. The van der Waals surface area contributed by atoms with Crippen molar-refractivity contribution in [2.75, 3.05) is 0 Å². The van der Waals surface area contributed by atoms with E-state index in [-0.39, 0.29) is 0 Å². The van der Waals surface area contributed by atoms with Crippen LogP contribution in [0.3, 0.4) is 0 Å². The van der Waals surface area contributed by atoms with Crippen molar-refractivity contribution in [3.63, 3.8) is 0 Å². The number of allylic oxidation sites excluding steroid dienone is 3. The Morgan fingerprint density at radius 3 is 3.38 bits per heavy atom. The van der Waals surface area contributed by atoms with Crippen LogP contribution >= 0.6 is 0 Å². The molecule has 2 nitrogen and oxygen atoms in total. The van der Waals surface area contributed by atoms with E-state index < -0.39 is 0 Å². The van der Waals surface area contributed by atoms with E-state index >= 15 is 0 Å². The highest BCUT2D eigenvalue weighted by atomic mass is 15.1. The van der Waals surface area contributed by atoms with E-state index in [9.17, 15) is 0 Å². The molecule has 0 aromatic carbocycles. The first kappa shape index (κ1) is 5.01. The van der Waals surface area contributed by atoms with Crippen molar-refractivity contribution in [3.8, 4) is 0 Å². The lowest BCUT2D eigenvalue weighted by Crippen LogP contribution is -1.59. The van der Waals surface area contributed by atoms with Crippen LogP contribution in [0.5, 0.6) is 0 Å². The molecule has 0 unspecified atom stereocenters. The maximum Gasteiger partial charge on any atom is 0.0914 e. The molecule has 0 atom stereocenters. The molecular weight excluding hydrogens is 100 g/mol. The topological polar surface area (TPSA) is 24.7 Å². The summed E-state index contributed by atoms with van der Waals surface area (Å²) >= 11 is 0. The van der Waals surface area contributed by atoms with Gasteiger partial charge in [0.25, 0.3) is 0 Å². The Morgan fingerprint density at radius 1 is 1.62 bits per heavy atom. The third kappa shape index (κ3) is 1.17. The first-order valence-electron chi connectivity index (χ1n) is 2.38. The largest absolute Gasteiger partial charge is 0.155 e. The Kier molecular flexibility index (Phi) is 1.40. The lowest BCUT2D eigenvalue weighted by Gasteiger charge is -1.78. The van der Waals surface area contributed by atoms with Gasteiger partial charge in [-0.05, 0) is 19.1 Å². The van der Waals surface area contributed by atoms with Crippen LogP contribution in [0.25, 0.3) is 0 Å². The quantitative estimate of drug-likeness (QED) is 0.422. The molecule has 8 heavy (non-hydrogen) atoms. The van der Waals surface area contributed by atoms with Gasteiger partial charge in [0.15, 0.2) is 0 Å². The zero-order chi connectivity index (χ0) is 5.82. The Labute approximate surface area is 47.9 Å². The van der Waals surface area contributed by atoms with E-state index in [2.05, 4.69) is 16.0 Å². The van der Waals surface area contributed by atoms with Crippen molar-refractivity contribution < 1.29 is 0 Å². The minimum absolute atomic E-state index is 0.909. The maximum absolute atomic E-state index is 3.76. The van der Waals surface area contributed by atoms with Crippen molar-refractivity contribution in [2.24, 2.45) is 10.2 Å². The molecule has 0 bridgehead atoms. The van der Waals surface area contributed by atoms with Gasteiger partial charge >= 0.3 is 0 Å². The van der Waals surface area contributed by atoms with Gasteiger partial charge in [-0.15, -0.1) is 0 Å². The minimum atomic E-state index is 0.909. The summed E-state index contributed by atoms with van der Waals surface area (Å²) in [6.45, 7) is 1.89. The number of hydrogen-bond acceptors (Lipinski definition) is 2. The zero-order valence-electron chi connectivity index (χ0n) is 4.63. The smallest absolute Gasteiger partial charge is 0.0914 e. The summed E-state index contributed by atoms with van der Waals surface area (Å²) in [6, 6.07) is 0. The van der Waals surface area contributed by atoms with E-state index in [0.29, 0.717) is 0 Å². The predicted molar refractivity (Wildman–Crippen MR) is 31.3 cm³/mol. The first-order valence-corrected chi connectivity index (χ1v) is 2.38. The highest BCUT2D eigenvalue weighted by Gasteiger charge is 1.79. The summed E-state index contributed by atoms with van der Waals surface area (Å²) < 4.78 is 0. The van der Waals surface area contributed by atoms with Crippen molar-refractivity contribution >= 4 is 0 Å². The van der Waals surface area contributed by atoms with Crippen LogP contribution in [0.1, 0.15) is 6.92 Å². The maximum atomic E-state index is 3.76. The lowest BCUT2D eigenvalue weighted by molar-refractivity contribution is 1.13.